The normalized spacial score (nSPS) is 21.6. The minimum atomic E-state index is 0.658. The van der Waals surface area contributed by atoms with Gasteiger partial charge in [0.05, 0.1) is 6.54 Å². The Labute approximate surface area is 87.8 Å². The Morgan fingerprint density at radius 1 is 1.64 bits per heavy atom. The molecule has 14 heavy (non-hydrogen) atoms. The first-order chi connectivity index (χ1) is 6.88. The van der Waals surface area contributed by atoms with Crippen LogP contribution in [0, 0.1) is 0 Å². The number of nitrogens with one attached hydrogen (secondary N) is 1. The third-order valence-electron chi connectivity index (χ3n) is 2.27. The number of hydrogen-bond donors (Lipinski definition) is 1. The summed E-state index contributed by atoms with van der Waals surface area (Å²) in [5.41, 5.74) is 0. The SMILES string of the molecule is CNCc1nc(CC2CCCS2)no1. The van der Waals surface area contributed by atoms with Crippen molar-refractivity contribution in [2.75, 3.05) is 12.8 Å². The topological polar surface area (TPSA) is 51.0 Å². The maximum absolute atomic E-state index is 5.08. The van der Waals surface area contributed by atoms with Crippen LogP contribution in [0.1, 0.15) is 24.6 Å². The quantitative estimate of drug-likeness (QED) is 0.815. The van der Waals surface area contributed by atoms with Crippen molar-refractivity contribution in [2.24, 2.45) is 0 Å². The highest BCUT2D eigenvalue weighted by Crippen LogP contribution is 2.28. The van der Waals surface area contributed by atoms with Gasteiger partial charge in [-0.3, -0.25) is 0 Å². The molecule has 4 nitrogen and oxygen atoms in total. The van der Waals surface area contributed by atoms with Gasteiger partial charge in [-0.05, 0) is 25.6 Å². The first-order valence-corrected chi connectivity index (χ1v) is 6.01. The smallest absolute Gasteiger partial charge is 0.240 e. The zero-order valence-corrected chi connectivity index (χ0v) is 9.14. The largest absolute Gasteiger partial charge is 0.338 e. The Morgan fingerprint density at radius 3 is 3.29 bits per heavy atom. The molecule has 1 aromatic rings. The second kappa shape index (κ2) is 4.79. The van der Waals surface area contributed by atoms with Crippen LogP contribution in [0.5, 0.6) is 0 Å². The monoisotopic (exact) mass is 213 g/mol. The van der Waals surface area contributed by atoms with Gasteiger partial charge >= 0.3 is 0 Å². The highest BCUT2D eigenvalue weighted by Gasteiger charge is 2.18. The Hall–Kier alpha value is -0.550. The summed E-state index contributed by atoms with van der Waals surface area (Å²) in [5.74, 6) is 2.83. The average molecular weight is 213 g/mol. The van der Waals surface area contributed by atoms with Gasteiger partial charge < -0.3 is 9.84 Å². The van der Waals surface area contributed by atoms with Gasteiger partial charge in [0.25, 0.3) is 0 Å². The van der Waals surface area contributed by atoms with Crippen LogP contribution >= 0.6 is 11.8 Å². The molecule has 1 unspecified atom stereocenters. The molecule has 0 aromatic carbocycles. The first kappa shape index (κ1) is 9.98. The Bertz CT molecular complexity index is 283. The van der Waals surface area contributed by atoms with E-state index in [0.29, 0.717) is 17.7 Å². The molecule has 2 rings (SSSR count). The van der Waals surface area contributed by atoms with Crippen molar-refractivity contribution >= 4 is 11.8 Å². The zero-order chi connectivity index (χ0) is 9.80. The fraction of sp³-hybridized carbons (Fsp3) is 0.778. The van der Waals surface area contributed by atoms with E-state index < -0.39 is 0 Å². The van der Waals surface area contributed by atoms with Crippen molar-refractivity contribution in [2.45, 2.75) is 31.1 Å². The van der Waals surface area contributed by atoms with Crippen LogP contribution in [0.25, 0.3) is 0 Å². The van der Waals surface area contributed by atoms with Crippen LogP contribution in [0.2, 0.25) is 0 Å². The Balaban J connectivity index is 1.88. The second-order valence-electron chi connectivity index (χ2n) is 3.47. The lowest BCUT2D eigenvalue weighted by atomic mass is 10.2. The van der Waals surface area contributed by atoms with Gasteiger partial charge in [0.15, 0.2) is 5.82 Å². The molecule has 5 heteroatoms. The predicted molar refractivity (Wildman–Crippen MR) is 56.2 cm³/mol. The van der Waals surface area contributed by atoms with Crippen molar-refractivity contribution in [1.82, 2.24) is 15.5 Å². The van der Waals surface area contributed by atoms with Gasteiger partial charge in [-0.15, -0.1) is 0 Å². The lowest BCUT2D eigenvalue weighted by molar-refractivity contribution is 0.366. The first-order valence-electron chi connectivity index (χ1n) is 4.96. The second-order valence-corrected chi connectivity index (χ2v) is 4.88. The molecule has 0 spiro atoms. The predicted octanol–water partition coefficient (Wildman–Crippen LogP) is 1.23. The summed E-state index contributed by atoms with van der Waals surface area (Å²) in [4.78, 5) is 4.31. The number of hydrogen-bond acceptors (Lipinski definition) is 5. The highest BCUT2D eigenvalue weighted by atomic mass is 32.2. The average Bonchev–Trinajstić information content (AvgIpc) is 2.79. The highest BCUT2D eigenvalue weighted by molar-refractivity contribution is 8.00. The Morgan fingerprint density at radius 2 is 2.57 bits per heavy atom. The van der Waals surface area contributed by atoms with Crippen LogP contribution < -0.4 is 5.32 Å². The maximum Gasteiger partial charge on any atom is 0.240 e. The molecular weight excluding hydrogens is 198 g/mol. The summed E-state index contributed by atoms with van der Waals surface area (Å²) in [5, 5.41) is 7.65. The van der Waals surface area contributed by atoms with Crippen LogP contribution in [-0.2, 0) is 13.0 Å². The van der Waals surface area contributed by atoms with Crippen molar-refractivity contribution in [1.29, 1.82) is 0 Å². The third kappa shape index (κ3) is 2.48. The van der Waals surface area contributed by atoms with E-state index in [9.17, 15) is 0 Å². The van der Waals surface area contributed by atoms with Gasteiger partial charge in [0.2, 0.25) is 5.89 Å². The molecule has 0 radical (unpaired) electrons. The molecule has 1 saturated heterocycles. The minimum absolute atomic E-state index is 0.658. The van der Waals surface area contributed by atoms with Crippen molar-refractivity contribution in [3.63, 3.8) is 0 Å². The number of nitrogens with zero attached hydrogens (tertiary/aromatic N) is 2. The molecule has 2 heterocycles. The van der Waals surface area contributed by atoms with Crippen LogP contribution in [-0.4, -0.2) is 28.2 Å². The van der Waals surface area contributed by atoms with E-state index in [1.54, 1.807) is 0 Å². The van der Waals surface area contributed by atoms with Crippen LogP contribution in [0.15, 0.2) is 4.52 Å². The molecule has 0 bridgehead atoms. The van der Waals surface area contributed by atoms with E-state index in [0.717, 1.165) is 12.2 Å². The van der Waals surface area contributed by atoms with Gasteiger partial charge in [0, 0.05) is 11.7 Å². The van der Waals surface area contributed by atoms with Crippen molar-refractivity contribution in [3.8, 4) is 0 Å². The molecule has 0 saturated carbocycles. The summed E-state index contributed by atoms with van der Waals surface area (Å²) in [6.07, 6.45) is 3.58. The van der Waals surface area contributed by atoms with Gasteiger partial charge in [0.1, 0.15) is 0 Å². The lowest BCUT2D eigenvalue weighted by Crippen LogP contribution is -2.06. The molecule has 1 aliphatic rings. The van der Waals surface area contributed by atoms with E-state index in [4.69, 9.17) is 4.52 Å². The summed E-state index contributed by atoms with van der Waals surface area (Å²) in [6, 6.07) is 0. The summed E-state index contributed by atoms with van der Waals surface area (Å²) in [6.45, 7) is 0.658. The van der Waals surface area contributed by atoms with E-state index in [1.165, 1.54) is 18.6 Å². The van der Waals surface area contributed by atoms with E-state index in [-0.39, 0.29) is 0 Å². The van der Waals surface area contributed by atoms with Crippen molar-refractivity contribution in [3.05, 3.63) is 11.7 Å². The fourth-order valence-corrected chi connectivity index (χ4v) is 2.87. The number of aromatic nitrogens is 2. The van der Waals surface area contributed by atoms with E-state index >= 15 is 0 Å². The minimum Gasteiger partial charge on any atom is -0.338 e. The van der Waals surface area contributed by atoms with Crippen molar-refractivity contribution < 1.29 is 4.52 Å². The summed E-state index contributed by atoms with van der Waals surface area (Å²) < 4.78 is 5.08. The molecule has 0 aliphatic carbocycles. The maximum atomic E-state index is 5.08. The molecule has 1 atom stereocenters. The van der Waals surface area contributed by atoms with E-state index in [2.05, 4.69) is 15.5 Å². The molecule has 78 valence electrons. The molecule has 1 aromatic heterocycles. The molecular formula is C9H15N3OS. The molecule has 1 aliphatic heterocycles. The lowest BCUT2D eigenvalue weighted by Gasteiger charge is -2.02. The summed E-state index contributed by atoms with van der Waals surface area (Å²) >= 11 is 2.02. The molecule has 1 N–H and O–H groups in total. The third-order valence-corrected chi connectivity index (χ3v) is 3.67. The molecule has 1 fully saturated rings. The Kier molecular flexibility index (Phi) is 3.42. The van der Waals surface area contributed by atoms with Gasteiger partial charge in [-0.1, -0.05) is 5.16 Å². The van der Waals surface area contributed by atoms with E-state index in [1.807, 2.05) is 18.8 Å². The van der Waals surface area contributed by atoms with Crippen LogP contribution in [0.3, 0.4) is 0 Å². The zero-order valence-electron chi connectivity index (χ0n) is 8.32. The molecule has 0 amide bonds. The van der Waals surface area contributed by atoms with Gasteiger partial charge in [-0.25, -0.2) is 0 Å². The standard InChI is InChI=1S/C9H15N3OS/c1-10-6-9-11-8(12-13-9)5-7-3-2-4-14-7/h7,10H,2-6H2,1H3. The summed E-state index contributed by atoms with van der Waals surface area (Å²) in [7, 11) is 1.87. The number of rotatable bonds is 4. The van der Waals surface area contributed by atoms with Crippen LogP contribution in [0.4, 0.5) is 0 Å². The van der Waals surface area contributed by atoms with Gasteiger partial charge in [-0.2, -0.15) is 16.7 Å². The fourth-order valence-electron chi connectivity index (χ4n) is 1.61. The number of thioether (sulfide) groups is 1.